The largest absolute Gasteiger partial charge is 0.312 e. The van der Waals surface area contributed by atoms with Crippen molar-refractivity contribution in [2.45, 2.75) is 37.1 Å². The molecular weight excluding hydrogens is 382 g/mol. The average molecular weight is 406 g/mol. The summed E-state index contributed by atoms with van der Waals surface area (Å²) < 4.78 is 1.83. The molecule has 2 aromatic carbocycles. The molecule has 1 atom stereocenters. The van der Waals surface area contributed by atoms with Crippen molar-refractivity contribution >= 4 is 23.5 Å². The van der Waals surface area contributed by atoms with E-state index in [0.29, 0.717) is 22.3 Å². The molecule has 2 heterocycles. The average Bonchev–Trinajstić information content (AvgIpc) is 2.69. The second kappa shape index (κ2) is 7.87. The van der Waals surface area contributed by atoms with Gasteiger partial charge in [0.1, 0.15) is 5.82 Å². The molecule has 1 unspecified atom stereocenters. The third-order valence-corrected chi connectivity index (χ3v) is 6.42. The first-order chi connectivity index (χ1) is 13.9. The Labute approximate surface area is 174 Å². The van der Waals surface area contributed by atoms with Gasteiger partial charge in [0, 0.05) is 25.1 Å². The lowest BCUT2D eigenvalue weighted by Crippen LogP contribution is -2.33. The van der Waals surface area contributed by atoms with Crippen LogP contribution in [0.1, 0.15) is 40.2 Å². The highest BCUT2D eigenvalue weighted by atomic mass is 32.2. The van der Waals surface area contributed by atoms with Gasteiger partial charge in [0.2, 0.25) is 5.91 Å². The quantitative estimate of drug-likeness (QED) is 0.523. The summed E-state index contributed by atoms with van der Waals surface area (Å²) >= 11 is 1.50. The van der Waals surface area contributed by atoms with E-state index in [2.05, 4.69) is 35.4 Å². The van der Waals surface area contributed by atoms with E-state index in [4.69, 9.17) is 0 Å². The molecule has 0 radical (unpaired) electrons. The number of carbonyl (C=O) groups excluding carboxylic acids is 1. The molecule has 3 aromatic rings. The Kier molecular flexibility index (Phi) is 5.28. The first-order valence-electron chi connectivity index (χ1n) is 9.58. The second-order valence-electron chi connectivity index (χ2n) is 7.46. The van der Waals surface area contributed by atoms with Crippen LogP contribution in [0, 0.1) is 13.8 Å². The summed E-state index contributed by atoms with van der Waals surface area (Å²) in [6, 6.07) is 16.2. The molecule has 1 amide bonds. The predicted molar refractivity (Wildman–Crippen MR) is 116 cm³/mol. The maximum absolute atomic E-state index is 13.0. The smallest absolute Gasteiger partial charge is 0.279 e. The van der Waals surface area contributed by atoms with Crippen LogP contribution < -0.4 is 10.9 Å². The molecule has 1 aromatic heterocycles. The molecule has 1 N–H and O–H groups in total. The van der Waals surface area contributed by atoms with Gasteiger partial charge in [-0.3, -0.25) is 9.59 Å². The predicted octanol–water partition coefficient (Wildman–Crippen LogP) is 4.16. The fourth-order valence-corrected chi connectivity index (χ4v) is 4.77. The van der Waals surface area contributed by atoms with Crippen molar-refractivity contribution in [1.82, 2.24) is 9.55 Å². The molecule has 0 fully saturated rings. The van der Waals surface area contributed by atoms with E-state index < -0.39 is 0 Å². The molecule has 148 valence electrons. The van der Waals surface area contributed by atoms with Gasteiger partial charge in [-0.1, -0.05) is 65.9 Å². The number of aromatic nitrogens is 2. The summed E-state index contributed by atoms with van der Waals surface area (Å²) in [6.45, 7) is 4.06. The van der Waals surface area contributed by atoms with Crippen LogP contribution in [0.5, 0.6) is 0 Å². The van der Waals surface area contributed by atoms with E-state index in [-0.39, 0.29) is 23.8 Å². The van der Waals surface area contributed by atoms with Gasteiger partial charge in [0.05, 0.1) is 5.56 Å². The standard InChI is InChI=1S/C23H23N3O2S/c1-14-7-6-9-16(11-14)13-29-23-25-22(28)20-18(17-10-5-4-8-15(17)2)12-19(27)24-21(20)26(23)3/h4-11,18H,12-13H2,1-3H3,(H,24,27). The number of hydrogen-bond acceptors (Lipinski definition) is 4. The van der Waals surface area contributed by atoms with Crippen LogP contribution in [0.3, 0.4) is 0 Å². The topological polar surface area (TPSA) is 64.0 Å². The Bertz CT molecular complexity index is 1150. The second-order valence-corrected chi connectivity index (χ2v) is 8.40. The third kappa shape index (κ3) is 3.85. The van der Waals surface area contributed by atoms with Crippen LogP contribution in [-0.2, 0) is 17.6 Å². The SMILES string of the molecule is Cc1cccc(CSc2nc(=O)c3c(n2C)NC(=O)CC3c2ccccc2C)c1. The summed E-state index contributed by atoms with van der Waals surface area (Å²) in [7, 11) is 1.85. The zero-order chi connectivity index (χ0) is 20.5. The zero-order valence-corrected chi connectivity index (χ0v) is 17.5. The minimum absolute atomic E-state index is 0.0819. The van der Waals surface area contributed by atoms with Crippen molar-refractivity contribution in [1.29, 1.82) is 0 Å². The molecule has 29 heavy (non-hydrogen) atoms. The maximum atomic E-state index is 13.0. The summed E-state index contributed by atoms with van der Waals surface area (Å²) in [4.78, 5) is 29.8. The number of amides is 1. The Hall–Kier alpha value is -2.86. The van der Waals surface area contributed by atoms with Crippen molar-refractivity contribution in [2.24, 2.45) is 7.05 Å². The number of carbonyl (C=O) groups is 1. The number of benzene rings is 2. The van der Waals surface area contributed by atoms with Crippen molar-refractivity contribution in [3.63, 3.8) is 0 Å². The molecule has 0 bridgehead atoms. The van der Waals surface area contributed by atoms with Gasteiger partial charge in [-0.05, 0) is 30.5 Å². The molecule has 0 aliphatic carbocycles. The molecular formula is C23H23N3O2S. The number of anilines is 1. The monoisotopic (exact) mass is 405 g/mol. The van der Waals surface area contributed by atoms with E-state index >= 15 is 0 Å². The van der Waals surface area contributed by atoms with E-state index in [1.165, 1.54) is 22.9 Å². The molecule has 0 saturated heterocycles. The highest BCUT2D eigenvalue weighted by Crippen LogP contribution is 2.37. The minimum atomic E-state index is -0.276. The highest BCUT2D eigenvalue weighted by molar-refractivity contribution is 7.98. The number of thioether (sulfide) groups is 1. The zero-order valence-electron chi connectivity index (χ0n) is 16.7. The summed E-state index contributed by atoms with van der Waals surface area (Å²) in [5.74, 6) is 0.903. The van der Waals surface area contributed by atoms with Crippen LogP contribution in [-0.4, -0.2) is 15.5 Å². The first kappa shape index (κ1) is 19.5. The van der Waals surface area contributed by atoms with Gasteiger partial charge in [-0.25, -0.2) is 0 Å². The maximum Gasteiger partial charge on any atom is 0.279 e. The van der Waals surface area contributed by atoms with Gasteiger partial charge in [0.15, 0.2) is 5.16 Å². The first-order valence-corrected chi connectivity index (χ1v) is 10.6. The lowest BCUT2D eigenvalue weighted by molar-refractivity contribution is -0.116. The number of hydrogen-bond donors (Lipinski definition) is 1. The molecule has 5 nitrogen and oxygen atoms in total. The molecule has 0 spiro atoms. The number of aryl methyl sites for hydroxylation is 2. The van der Waals surface area contributed by atoms with Crippen LogP contribution in [0.25, 0.3) is 0 Å². The number of rotatable bonds is 4. The summed E-state index contributed by atoms with van der Waals surface area (Å²) in [5.41, 5.74) is 4.74. The number of nitrogens with one attached hydrogen (secondary N) is 1. The van der Waals surface area contributed by atoms with Crippen LogP contribution in [0.2, 0.25) is 0 Å². The lowest BCUT2D eigenvalue weighted by atomic mass is 9.84. The Morgan fingerprint density at radius 1 is 1.14 bits per heavy atom. The van der Waals surface area contributed by atoms with Gasteiger partial charge in [0.25, 0.3) is 5.56 Å². The molecule has 1 aliphatic heterocycles. The van der Waals surface area contributed by atoms with Crippen LogP contribution in [0.15, 0.2) is 58.5 Å². The van der Waals surface area contributed by atoms with Crippen molar-refractivity contribution in [3.05, 3.63) is 86.7 Å². The molecule has 6 heteroatoms. The summed E-state index contributed by atoms with van der Waals surface area (Å²) in [5, 5.41) is 3.50. The van der Waals surface area contributed by atoms with Crippen molar-refractivity contribution in [3.8, 4) is 0 Å². The van der Waals surface area contributed by atoms with Gasteiger partial charge < -0.3 is 9.88 Å². The molecule has 1 aliphatic rings. The fraction of sp³-hybridized carbons (Fsp3) is 0.261. The Balaban J connectivity index is 1.73. The van der Waals surface area contributed by atoms with E-state index in [1.807, 2.05) is 48.9 Å². The summed E-state index contributed by atoms with van der Waals surface area (Å²) in [6.07, 6.45) is 0.255. The number of fused-ring (bicyclic) bond motifs is 1. The van der Waals surface area contributed by atoms with Gasteiger partial charge >= 0.3 is 0 Å². The molecule has 4 rings (SSSR count). The van der Waals surface area contributed by atoms with E-state index in [1.54, 1.807) is 0 Å². The Morgan fingerprint density at radius 3 is 2.69 bits per heavy atom. The van der Waals surface area contributed by atoms with Crippen molar-refractivity contribution < 1.29 is 4.79 Å². The highest BCUT2D eigenvalue weighted by Gasteiger charge is 2.32. The van der Waals surface area contributed by atoms with E-state index in [9.17, 15) is 9.59 Å². The fourth-order valence-electron chi connectivity index (χ4n) is 3.86. The number of nitrogens with zero attached hydrogens (tertiary/aromatic N) is 2. The third-order valence-electron chi connectivity index (χ3n) is 5.32. The van der Waals surface area contributed by atoms with E-state index in [0.717, 1.165) is 11.1 Å². The molecule has 0 saturated carbocycles. The van der Waals surface area contributed by atoms with Crippen LogP contribution in [0.4, 0.5) is 5.82 Å². The van der Waals surface area contributed by atoms with Crippen LogP contribution >= 0.6 is 11.8 Å². The van der Waals surface area contributed by atoms with Gasteiger partial charge in [-0.15, -0.1) is 0 Å². The Morgan fingerprint density at radius 2 is 1.93 bits per heavy atom. The van der Waals surface area contributed by atoms with Gasteiger partial charge in [-0.2, -0.15) is 4.98 Å². The minimum Gasteiger partial charge on any atom is -0.312 e. The lowest BCUT2D eigenvalue weighted by Gasteiger charge is -2.28. The van der Waals surface area contributed by atoms with Crippen molar-refractivity contribution in [2.75, 3.05) is 5.32 Å². The normalized spacial score (nSPS) is 15.7.